The van der Waals surface area contributed by atoms with Gasteiger partial charge in [0.05, 0.1) is 5.56 Å². The van der Waals surface area contributed by atoms with E-state index in [4.69, 9.17) is 4.74 Å². The van der Waals surface area contributed by atoms with E-state index in [-0.39, 0.29) is 11.8 Å². The number of amides is 3. The molecule has 0 aliphatic heterocycles. The molecule has 1 heterocycles. The molecule has 0 unspecified atom stereocenters. The van der Waals surface area contributed by atoms with Crippen LogP contribution < -0.4 is 20.9 Å². The number of thiophene rings is 1. The average Bonchev–Trinajstić information content (AvgIpc) is 2.98. The SMILES string of the molecule is CC(=O)NNC(=O)c1c(NC(=O)c2ccc(Oc3ccccc3)cc2)sc2c1CCCCC2. The summed E-state index contributed by atoms with van der Waals surface area (Å²) in [6.45, 7) is 1.32. The lowest BCUT2D eigenvalue weighted by Crippen LogP contribution is -2.40. The molecule has 7 nitrogen and oxygen atoms in total. The zero-order valence-electron chi connectivity index (χ0n) is 18.3. The Kier molecular flexibility index (Phi) is 7.04. The van der Waals surface area contributed by atoms with Crippen LogP contribution in [0.3, 0.4) is 0 Å². The minimum Gasteiger partial charge on any atom is -0.457 e. The maximum absolute atomic E-state index is 13.0. The van der Waals surface area contributed by atoms with E-state index in [0.717, 1.165) is 42.5 Å². The van der Waals surface area contributed by atoms with Gasteiger partial charge in [-0.3, -0.25) is 25.2 Å². The van der Waals surface area contributed by atoms with Crippen molar-refractivity contribution in [1.29, 1.82) is 0 Å². The minimum atomic E-state index is -0.425. The monoisotopic (exact) mass is 463 g/mol. The number of para-hydroxylation sites is 1. The molecule has 2 aromatic carbocycles. The van der Waals surface area contributed by atoms with Gasteiger partial charge in [0, 0.05) is 17.4 Å². The van der Waals surface area contributed by atoms with Crippen LogP contribution in [0.4, 0.5) is 5.00 Å². The highest BCUT2D eigenvalue weighted by Crippen LogP contribution is 2.37. The highest BCUT2D eigenvalue weighted by molar-refractivity contribution is 7.17. The molecule has 0 spiro atoms. The smallest absolute Gasteiger partial charge is 0.272 e. The van der Waals surface area contributed by atoms with Gasteiger partial charge in [0.1, 0.15) is 16.5 Å². The fourth-order valence-electron chi connectivity index (χ4n) is 3.75. The minimum absolute atomic E-state index is 0.314. The number of aryl methyl sites for hydroxylation is 1. The van der Waals surface area contributed by atoms with Crippen LogP contribution in [-0.4, -0.2) is 17.7 Å². The Morgan fingerprint density at radius 1 is 0.818 bits per heavy atom. The van der Waals surface area contributed by atoms with Crippen LogP contribution in [0.5, 0.6) is 11.5 Å². The second-order valence-electron chi connectivity index (χ2n) is 7.80. The lowest BCUT2D eigenvalue weighted by molar-refractivity contribution is -0.119. The molecule has 0 saturated heterocycles. The number of fused-ring (bicyclic) bond motifs is 1. The Hall–Kier alpha value is -3.65. The molecule has 170 valence electrons. The molecule has 3 aromatic rings. The number of benzene rings is 2. The van der Waals surface area contributed by atoms with Crippen molar-refractivity contribution < 1.29 is 19.1 Å². The molecule has 33 heavy (non-hydrogen) atoms. The molecule has 0 radical (unpaired) electrons. The Morgan fingerprint density at radius 2 is 1.52 bits per heavy atom. The summed E-state index contributed by atoms with van der Waals surface area (Å²) < 4.78 is 5.78. The first-order valence-corrected chi connectivity index (χ1v) is 11.7. The first kappa shape index (κ1) is 22.5. The summed E-state index contributed by atoms with van der Waals surface area (Å²) in [5.74, 6) is 0.228. The van der Waals surface area contributed by atoms with Gasteiger partial charge < -0.3 is 10.1 Å². The van der Waals surface area contributed by atoms with E-state index in [1.54, 1.807) is 24.3 Å². The first-order valence-electron chi connectivity index (χ1n) is 10.9. The van der Waals surface area contributed by atoms with Crippen molar-refractivity contribution in [3.05, 3.63) is 76.2 Å². The molecule has 0 atom stereocenters. The summed E-state index contributed by atoms with van der Waals surface area (Å²) in [7, 11) is 0. The molecule has 1 aromatic heterocycles. The van der Waals surface area contributed by atoms with E-state index in [0.29, 0.717) is 27.6 Å². The van der Waals surface area contributed by atoms with Crippen molar-refractivity contribution in [2.24, 2.45) is 0 Å². The van der Waals surface area contributed by atoms with E-state index in [1.165, 1.54) is 18.3 Å². The third kappa shape index (κ3) is 5.59. The van der Waals surface area contributed by atoms with Gasteiger partial charge in [-0.25, -0.2) is 0 Å². The van der Waals surface area contributed by atoms with Gasteiger partial charge >= 0.3 is 0 Å². The number of carbonyl (C=O) groups excluding carboxylic acids is 3. The predicted octanol–water partition coefficient (Wildman–Crippen LogP) is 4.84. The molecular weight excluding hydrogens is 438 g/mol. The van der Waals surface area contributed by atoms with Gasteiger partial charge in [-0.2, -0.15) is 0 Å². The molecule has 3 N–H and O–H groups in total. The van der Waals surface area contributed by atoms with Crippen molar-refractivity contribution >= 4 is 34.1 Å². The second kappa shape index (κ2) is 10.3. The van der Waals surface area contributed by atoms with Gasteiger partial charge in [-0.05, 0) is 67.6 Å². The first-order chi connectivity index (χ1) is 16.0. The predicted molar refractivity (Wildman–Crippen MR) is 128 cm³/mol. The molecule has 0 fully saturated rings. The van der Waals surface area contributed by atoms with Crippen molar-refractivity contribution in [2.45, 2.75) is 39.0 Å². The van der Waals surface area contributed by atoms with Crippen LogP contribution in [0, 0.1) is 0 Å². The van der Waals surface area contributed by atoms with Crippen LogP contribution >= 0.6 is 11.3 Å². The molecule has 8 heteroatoms. The molecule has 3 amide bonds. The van der Waals surface area contributed by atoms with Crippen LogP contribution in [-0.2, 0) is 17.6 Å². The van der Waals surface area contributed by atoms with Gasteiger partial charge in [-0.1, -0.05) is 24.6 Å². The topological polar surface area (TPSA) is 96.5 Å². The zero-order chi connectivity index (χ0) is 23.2. The summed E-state index contributed by atoms with van der Waals surface area (Å²) in [6, 6.07) is 16.2. The Bertz CT molecular complexity index is 1160. The number of carbonyl (C=O) groups is 3. The summed E-state index contributed by atoms with van der Waals surface area (Å²) in [6.07, 6.45) is 4.79. The summed E-state index contributed by atoms with van der Waals surface area (Å²) >= 11 is 1.44. The van der Waals surface area contributed by atoms with Gasteiger partial charge in [-0.15, -0.1) is 11.3 Å². The number of anilines is 1. The van der Waals surface area contributed by atoms with Crippen LogP contribution in [0.1, 0.15) is 57.3 Å². The average molecular weight is 464 g/mol. The lowest BCUT2D eigenvalue weighted by Gasteiger charge is -2.10. The number of hydrazine groups is 1. The van der Waals surface area contributed by atoms with Crippen LogP contribution in [0.25, 0.3) is 0 Å². The molecule has 0 bridgehead atoms. The maximum atomic E-state index is 13.0. The Labute approximate surface area is 196 Å². The normalized spacial score (nSPS) is 12.8. The third-order valence-corrected chi connectivity index (χ3v) is 6.53. The van der Waals surface area contributed by atoms with E-state index >= 15 is 0 Å². The number of rotatable bonds is 5. The standard InChI is InChI=1S/C25H25N3O4S/c1-16(29)27-28-24(31)22-20-10-6-3-7-11-21(20)33-25(22)26-23(30)17-12-14-19(15-13-17)32-18-8-4-2-5-9-18/h2,4-5,8-9,12-15H,3,6-7,10-11H2,1H3,(H,26,30)(H,27,29)(H,28,31). The van der Waals surface area contributed by atoms with E-state index in [1.807, 2.05) is 30.3 Å². The summed E-state index contributed by atoms with van der Waals surface area (Å²) in [5.41, 5.74) is 6.62. The van der Waals surface area contributed by atoms with E-state index < -0.39 is 5.91 Å². The quantitative estimate of drug-likeness (QED) is 0.373. The molecule has 1 aliphatic rings. The highest BCUT2D eigenvalue weighted by atomic mass is 32.1. The lowest BCUT2D eigenvalue weighted by atomic mass is 10.0. The second-order valence-corrected chi connectivity index (χ2v) is 8.90. The molecule has 1 aliphatic carbocycles. The van der Waals surface area contributed by atoms with E-state index in [9.17, 15) is 14.4 Å². The number of hydrogen-bond donors (Lipinski definition) is 3. The van der Waals surface area contributed by atoms with Gasteiger partial charge in [0.15, 0.2) is 0 Å². The van der Waals surface area contributed by atoms with Gasteiger partial charge in [0.2, 0.25) is 5.91 Å². The van der Waals surface area contributed by atoms with Crippen molar-refractivity contribution in [3.63, 3.8) is 0 Å². The molecule has 4 rings (SSSR count). The number of nitrogens with one attached hydrogen (secondary N) is 3. The molecular formula is C25H25N3O4S. The fourth-order valence-corrected chi connectivity index (χ4v) is 5.03. The maximum Gasteiger partial charge on any atom is 0.272 e. The zero-order valence-corrected chi connectivity index (χ0v) is 19.1. The molecule has 0 saturated carbocycles. The highest BCUT2D eigenvalue weighted by Gasteiger charge is 2.26. The van der Waals surface area contributed by atoms with Gasteiger partial charge in [0.25, 0.3) is 11.8 Å². The Balaban J connectivity index is 1.53. The fraction of sp³-hybridized carbons (Fsp3) is 0.240. The van der Waals surface area contributed by atoms with Crippen molar-refractivity contribution in [1.82, 2.24) is 10.9 Å². The summed E-state index contributed by atoms with van der Waals surface area (Å²) in [4.78, 5) is 38.2. The summed E-state index contributed by atoms with van der Waals surface area (Å²) in [5, 5.41) is 3.41. The van der Waals surface area contributed by atoms with Crippen molar-refractivity contribution in [3.8, 4) is 11.5 Å². The number of ether oxygens (including phenoxy) is 1. The van der Waals surface area contributed by atoms with Crippen molar-refractivity contribution in [2.75, 3.05) is 5.32 Å². The number of hydrogen-bond acceptors (Lipinski definition) is 5. The van der Waals surface area contributed by atoms with E-state index in [2.05, 4.69) is 16.2 Å². The third-order valence-electron chi connectivity index (χ3n) is 5.32. The van der Waals surface area contributed by atoms with Crippen LogP contribution in [0.2, 0.25) is 0 Å². The largest absolute Gasteiger partial charge is 0.457 e. The van der Waals surface area contributed by atoms with Crippen LogP contribution in [0.15, 0.2) is 54.6 Å². The Morgan fingerprint density at radius 3 is 2.24 bits per heavy atom.